The van der Waals surface area contributed by atoms with Gasteiger partial charge in [-0.1, -0.05) is 69.6 Å². The SMILES string of the molecule is CCO[Si](OCC)(Oc1c(Cl)cc(Cl)cc1Cl)Oc1c(Cl)cc(Cl)cc1Cl. The molecule has 2 aromatic rings. The first-order chi connectivity index (χ1) is 12.7. The minimum Gasteiger partial charge on any atom is -0.468 e. The molecule has 0 atom stereocenters. The maximum atomic E-state index is 6.22. The summed E-state index contributed by atoms with van der Waals surface area (Å²) < 4.78 is 23.3. The Morgan fingerprint density at radius 2 is 0.926 bits per heavy atom. The van der Waals surface area contributed by atoms with E-state index >= 15 is 0 Å². The van der Waals surface area contributed by atoms with Gasteiger partial charge in [-0.3, -0.25) is 0 Å². The van der Waals surface area contributed by atoms with Crippen molar-refractivity contribution in [3.63, 3.8) is 0 Å². The van der Waals surface area contributed by atoms with Crippen LogP contribution >= 0.6 is 69.6 Å². The van der Waals surface area contributed by atoms with Crippen molar-refractivity contribution in [1.29, 1.82) is 0 Å². The predicted molar refractivity (Wildman–Crippen MR) is 113 cm³/mol. The van der Waals surface area contributed by atoms with E-state index in [1.54, 1.807) is 13.8 Å². The van der Waals surface area contributed by atoms with Crippen molar-refractivity contribution in [2.45, 2.75) is 13.8 Å². The van der Waals surface area contributed by atoms with Crippen LogP contribution in [-0.4, -0.2) is 22.3 Å². The summed E-state index contributed by atoms with van der Waals surface area (Å²) in [6, 6.07) is 5.90. The summed E-state index contributed by atoms with van der Waals surface area (Å²) in [6.45, 7) is 3.95. The largest absolute Gasteiger partial charge is 0.821 e. The van der Waals surface area contributed by atoms with Crippen molar-refractivity contribution >= 4 is 78.7 Å². The highest BCUT2D eigenvalue weighted by Crippen LogP contribution is 2.41. The average Bonchev–Trinajstić information content (AvgIpc) is 2.55. The number of benzene rings is 2. The minimum absolute atomic E-state index is 0.109. The van der Waals surface area contributed by atoms with E-state index in [4.69, 9.17) is 87.3 Å². The highest BCUT2D eigenvalue weighted by molar-refractivity contribution is 6.56. The molecule has 0 aliphatic heterocycles. The van der Waals surface area contributed by atoms with E-state index in [-0.39, 0.29) is 44.8 Å². The maximum Gasteiger partial charge on any atom is 0.821 e. The molecule has 2 aromatic carbocycles. The quantitative estimate of drug-likeness (QED) is 0.343. The van der Waals surface area contributed by atoms with E-state index in [2.05, 4.69) is 0 Å². The highest BCUT2D eigenvalue weighted by atomic mass is 35.5. The predicted octanol–water partition coefficient (Wildman–Crippen LogP) is 7.57. The topological polar surface area (TPSA) is 36.9 Å². The lowest BCUT2D eigenvalue weighted by Gasteiger charge is -2.29. The van der Waals surface area contributed by atoms with Crippen molar-refractivity contribution in [1.82, 2.24) is 0 Å². The molecule has 27 heavy (non-hydrogen) atoms. The first kappa shape index (κ1) is 23.2. The summed E-state index contributed by atoms with van der Waals surface area (Å²) in [7, 11) is -3.86. The van der Waals surface area contributed by atoms with E-state index < -0.39 is 9.05 Å². The zero-order valence-electron chi connectivity index (χ0n) is 14.1. The maximum absolute atomic E-state index is 6.22. The summed E-state index contributed by atoms with van der Waals surface area (Å²) in [4.78, 5) is 0. The van der Waals surface area contributed by atoms with Gasteiger partial charge in [-0.25, -0.2) is 0 Å². The fourth-order valence-corrected chi connectivity index (χ4v) is 6.09. The Kier molecular flexibility index (Phi) is 8.68. The molecule has 0 bridgehead atoms. The van der Waals surface area contributed by atoms with Gasteiger partial charge in [0.2, 0.25) is 0 Å². The lowest BCUT2D eigenvalue weighted by atomic mass is 10.3. The van der Waals surface area contributed by atoms with Crippen LogP contribution in [0, 0.1) is 0 Å². The smallest absolute Gasteiger partial charge is 0.468 e. The van der Waals surface area contributed by atoms with Gasteiger partial charge in [-0.2, -0.15) is 0 Å². The molecule has 0 heterocycles. The molecule has 0 spiro atoms. The number of hydrogen-bond donors (Lipinski definition) is 0. The summed E-state index contributed by atoms with van der Waals surface area (Å²) >= 11 is 36.8. The molecule has 0 N–H and O–H groups in total. The molecule has 0 aliphatic carbocycles. The van der Waals surface area contributed by atoms with Gasteiger partial charge in [-0.05, 0) is 38.1 Å². The summed E-state index contributed by atoms with van der Waals surface area (Å²) in [5, 5.41) is 1.37. The molecule has 0 radical (unpaired) electrons. The zero-order chi connectivity index (χ0) is 20.2. The lowest BCUT2D eigenvalue weighted by Crippen LogP contribution is -2.55. The van der Waals surface area contributed by atoms with Crippen LogP contribution in [-0.2, 0) is 8.85 Å². The Morgan fingerprint density at radius 1 is 0.630 bits per heavy atom. The van der Waals surface area contributed by atoms with Crippen LogP contribution in [0.1, 0.15) is 13.8 Å². The first-order valence-electron chi connectivity index (χ1n) is 7.66. The molecule has 0 aliphatic rings. The normalized spacial score (nSPS) is 11.6. The number of rotatable bonds is 8. The molecular formula is C16H14Cl6O4Si. The highest BCUT2D eigenvalue weighted by Gasteiger charge is 2.52. The van der Waals surface area contributed by atoms with Crippen LogP contribution in [0.4, 0.5) is 0 Å². The molecule has 11 heteroatoms. The van der Waals surface area contributed by atoms with Gasteiger partial charge in [0.1, 0.15) is 11.5 Å². The molecule has 0 saturated carbocycles. The molecular weight excluding hydrogens is 497 g/mol. The van der Waals surface area contributed by atoms with E-state index in [9.17, 15) is 0 Å². The third-order valence-electron chi connectivity index (χ3n) is 3.02. The van der Waals surface area contributed by atoms with Crippen LogP contribution in [0.2, 0.25) is 30.1 Å². The number of halogens is 6. The summed E-state index contributed by atoms with van der Waals surface area (Å²) in [5.41, 5.74) is 0. The second-order valence-corrected chi connectivity index (χ2v) is 9.45. The van der Waals surface area contributed by atoms with Gasteiger partial charge in [-0.15, -0.1) is 0 Å². The molecule has 0 fully saturated rings. The Bertz CT molecular complexity index is 706. The first-order valence-corrected chi connectivity index (χ1v) is 11.6. The van der Waals surface area contributed by atoms with Gasteiger partial charge in [0.15, 0.2) is 0 Å². The minimum atomic E-state index is -3.86. The van der Waals surface area contributed by atoms with Crippen molar-refractivity contribution in [3.8, 4) is 11.5 Å². The number of hydrogen-bond acceptors (Lipinski definition) is 4. The van der Waals surface area contributed by atoms with Gasteiger partial charge < -0.3 is 17.7 Å². The fourth-order valence-electron chi connectivity index (χ4n) is 2.04. The van der Waals surface area contributed by atoms with E-state index in [1.807, 2.05) is 0 Å². The summed E-state index contributed by atoms with van der Waals surface area (Å²) in [5.74, 6) is 0.218. The van der Waals surface area contributed by atoms with Gasteiger partial charge in [0.25, 0.3) is 0 Å². The van der Waals surface area contributed by atoms with Crippen LogP contribution in [0.5, 0.6) is 11.5 Å². The van der Waals surface area contributed by atoms with Crippen molar-refractivity contribution in [2.24, 2.45) is 0 Å². The summed E-state index contributed by atoms with van der Waals surface area (Å²) in [6.07, 6.45) is 0. The monoisotopic (exact) mass is 508 g/mol. The Balaban J connectivity index is 2.50. The molecule has 2 rings (SSSR count). The molecule has 148 valence electrons. The fraction of sp³-hybridized carbons (Fsp3) is 0.250. The van der Waals surface area contributed by atoms with Crippen molar-refractivity contribution in [2.75, 3.05) is 13.2 Å². The third-order valence-corrected chi connectivity index (χ3v) is 6.77. The van der Waals surface area contributed by atoms with Crippen LogP contribution in [0.15, 0.2) is 24.3 Å². The van der Waals surface area contributed by atoms with Gasteiger partial charge in [0.05, 0.1) is 20.1 Å². The molecule has 0 aromatic heterocycles. The van der Waals surface area contributed by atoms with E-state index in [1.165, 1.54) is 24.3 Å². The average molecular weight is 511 g/mol. The van der Waals surface area contributed by atoms with Crippen molar-refractivity contribution < 1.29 is 17.7 Å². The zero-order valence-corrected chi connectivity index (χ0v) is 19.7. The molecule has 0 saturated heterocycles. The molecule has 4 nitrogen and oxygen atoms in total. The van der Waals surface area contributed by atoms with Crippen LogP contribution in [0.25, 0.3) is 0 Å². The van der Waals surface area contributed by atoms with E-state index in [0.29, 0.717) is 10.0 Å². The third kappa shape index (κ3) is 5.95. The second kappa shape index (κ2) is 10.1. The van der Waals surface area contributed by atoms with Gasteiger partial charge >= 0.3 is 9.05 Å². The second-order valence-electron chi connectivity index (χ2n) is 4.97. The Labute approximate surface area is 188 Å². The molecule has 0 unspecified atom stereocenters. The molecule has 0 amide bonds. The van der Waals surface area contributed by atoms with Crippen LogP contribution < -0.4 is 8.85 Å². The van der Waals surface area contributed by atoms with Crippen molar-refractivity contribution in [3.05, 3.63) is 54.4 Å². The lowest BCUT2D eigenvalue weighted by molar-refractivity contribution is 0.0494. The van der Waals surface area contributed by atoms with E-state index in [0.717, 1.165) is 0 Å². The van der Waals surface area contributed by atoms with Crippen LogP contribution in [0.3, 0.4) is 0 Å². The Hall–Kier alpha value is -0.0831. The Morgan fingerprint density at radius 3 is 1.19 bits per heavy atom. The van der Waals surface area contributed by atoms with Gasteiger partial charge in [0, 0.05) is 23.3 Å². The standard InChI is InChI=1S/C16H14Cl6O4Si/c1-3-23-27(24-4-2,25-15-11(19)5-9(17)6-12(15)20)26-16-13(21)7-10(18)8-14(16)22/h5-8H,3-4H2,1-2H3.